The van der Waals surface area contributed by atoms with E-state index < -0.39 is 16.4 Å². The number of ether oxygens (including phenoxy) is 1. The van der Waals surface area contributed by atoms with Crippen molar-refractivity contribution >= 4 is 27.3 Å². The number of hydrogen-bond acceptors (Lipinski definition) is 4. The Morgan fingerprint density at radius 2 is 2.10 bits per heavy atom. The number of nitrogens with one attached hydrogen (secondary N) is 1. The zero-order valence-electron chi connectivity index (χ0n) is 11.1. The Hall–Kier alpha value is -2.15. The summed E-state index contributed by atoms with van der Waals surface area (Å²) in [6, 6.07) is 9.26. The molecule has 0 aliphatic heterocycles. The summed E-state index contributed by atoms with van der Waals surface area (Å²) >= 11 is 3.40. The SMILES string of the molecule is COc1ccc(Br)c(NCc2ccc([N+](=O)[O-])c(F)c2)c1. The Bertz CT molecular complexity index is 679. The summed E-state index contributed by atoms with van der Waals surface area (Å²) in [5.41, 5.74) is 0.863. The number of halogens is 2. The van der Waals surface area contributed by atoms with Crippen LogP contribution >= 0.6 is 15.9 Å². The minimum atomic E-state index is -0.844. The molecule has 5 nitrogen and oxygen atoms in total. The van der Waals surface area contributed by atoms with Gasteiger partial charge in [0.25, 0.3) is 0 Å². The van der Waals surface area contributed by atoms with E-state index in [2.05, 4.69) is 21.2 Å². The molecule has 110 valence electrons. The summed E-state index contributed by atoms with van der Waals surface area (Å²) in [7, 11) is 1.57. The molecule has 0 radical (unpaired) electrons. The van der Waals surface area contributed by atoms with Crippen LogP contribution in [0.25, 0.3) is 0 Å². The molecule has 0 aliphatic carbocycles. The number of hydrogen-bond donors (Lipinski definition) is 1. The second-order valence-corrected chi connectivity index (χ2v) is 5.10. The molecular weight excluding hydrogens is 343 g/mol. The highest BCUT2D eigenvalue weighted by atomic mass is 79.9. The first-order chi connectivity index (χ1) is 10.0. The van der Waals surface area contributed by atoms with E-state index in [1.165, 1.54) is 6.07 Å². The van der Waals surface area contributed by atoms with Crippen LogP contribution in [0.2, 0.25) is 0 Å². The zero-order valence-corrected chi connectivity index (χ0v) is 12.7. The Labute approximate surface area is 129 Å². The number of rotatable bonds is 5. The molecule has 0 saturated carbocycles. The van der Waals surface area contributed by atoms with Gasteiger partial charge in [-0.15, -0.1) is 0 Å². The Morgan fingerprint density at radius 3 is 2.71 bits per heavy atom. The largest absolute Gasteiger partial charge is 0.497 e. The van der Waals surface area contributed by atoms with Crippen molar-refractivity contribution in [1.82, 2.24) is 0 Å². The minimum Gasteiger partial charge on any atom is -0.497 e. The van der Waals surface area contributed by atoms with Crippen LogP contribution in [0.5, 0.6) is 5.75 Å². The molecule has 7 heteroatoms. The van der Waals surface area contributed by atoms with Crippen LogP contribution in [0, 0.1) is 15.9 Å². The first-order valence-electron chi connectivity index (χ1n) is 6.01. The lowest BCUT2D eigenvalue weighted by atomic mass is 10.2. The fraction of sp³-hybridized carbons (Fsp3) is 0.143. The van der Waals surface area contributed by atoms with Crippen LogP contribution in [0.1, 0.15) is 5.56 Å². The first kappa shape index (κ1) is 15.2. The van der Waals surface area contributed by atoms with Gasteiger partial charge in [0.2, 0.25) is 5.82 Å². The van der Waals surface area contributed by atoms with Crippen molar-refractivity contribution in [2.45, 2.75) is 6.54 Å². The van der Waals surface area contributed by atoms with Gasteiger partial charge in [-0.1, -0.05) is 6.07 Å². The maximum atomic E-state index is 13.5. The fourth-order valence-corrected chi connectivity index (χ4v) is 2.16. The third kappa shape index (κ3) is 3.69. The highest BCUT2D eigenvalue weighted by Crippen LogP contribution is 2.28. The standard InChI is InChI=1S/C14H12BrFN2O3/c1-21-10-3-4-11(15)13(7-10)17-8-9-2-5-14(18(19)20)12(16)6-9/h2-7,17H,8H2,1H3. The van der Waals surface area contributed by atoms with E-state index in [4.69, 9.17) is 4.74 Å². The molecule has 21 heavy (non-hydrogen) atoms. The fourth-order valence-electron chi connectivity index (χ4n) is 1.77. The van der Waals surface area contributed by atoms with Gasteiger partial charge in [0.1, 0.15) is 5.75 Å². The van der Waals surface area contributed by atoms with Crippen LogP contribution in [0.4, 0.5) is 15.8 Å². The molecule has 0 atom stereocenters. The summed E-state index contributed by atoms with van der Waals surface area (Å²) in [6.07, 6.45) is 0. The highest BCUT2D eigenvalue weighted by molar-refractivity contribution is 9.10. The number of nitrogens with zero attached hydrogens (tertiary/aromatic N) is 1. The van der Waals surface area contributed by atoms with Gasteiger partial charge < -0.3 is 10.1 Å². The predicted octanol–water partition coefficient (Wildman–Crippen LogP) is 4.12. The molecule has 0 fully saturated rings. The second kappa shape index (κ2) is 6.53. The molecule has 0 amide bonds. The maximum Gasteiger partial charge on any atom is 0.304 e. The molecule has 0 heterocycles. The van der Waals surface area contributed by atoms with Gasteiger partial charge in [-0.2, -0.15) is 4.39 Å². The van der Waals surface area contributed by atoms with Crippen molar-refractivity contribution in [3.05, 3.63) is 62.4 Å². The van der Waals surface area contributed by atoms with E-state index in [0.717, 1.165) is 22.3 Å². The quantitative estimate of drug-likeness (QED) is 0.647. The van der Waals surface area contributed by atoms with Gasteiger partial charge in [0.15, 0.2) is 0 Å². The van der Waals surface area contributed by atoms with Crippen LogP contribution in [0.3, 0.4) is 0 Å². The van der Waals surface area contributed by atoms with Crippen molar-refractivity contribution in [2.24, 2.45) is 0 Å². The second-order valence-electron chi connectivity index (χ2n) is 4.24. The first-order valence-corrected chi connectivity index (χ1v) is 6.81. The monoisotopic (exact) mass is 354 g/mol. The Morgan fingerprint density at radius 1 is 1.33 bits per heavy atom. The average molecular weight is 355 g/mol. The third-order valence-electron chi connectivity index (χ3n) is 2.87. The van der Waals surface area contributed by atoms with E-state index in [9.17, 15) is 14.5 Å². The third-order valence-corrected chi connectivity index (χ3v) is 3.56. The lowest BCUT2D eigenvalue weighted by Gasteiger charge is -2.10. The van der Waals surface area contributed by atoms with Crippen molar-refractivity contribution in [2.75, 3.05) is 12.4 Å². The molecule has 0 bridgehead atoms. The molecule has 2 aromatic rings. The Balaban J connectivity index is 2.13. The predicted molar refractivity (Wildman–Crippen MR) is 81.1 cm³/mol. The van der Waals surface area contributed by atoms with E-state index in [1.54, 1.807) is 19.2 Å². The molecular formula is C14H12BrFN2O3. The average Bonchev–Trinajstić information content (AvgIpc) is 2.46. The van der Waals surface area contributed by atoms with E-state index in [-0.39, 0.29) is 0 Å². The van der Waals surface area contributed by atoms with Gasteiger partial charge in [-0.3, -0.25) is 10.1 Å². The van der Waals surface area contributed by atoms with Crippen LogP contribution in [0.15, 0.2) is 40.9 Å². The molecule has 1 N–H and O–H groups in total. The van der Waals surface area contributed by atoms with Crippen LogP contribution in [-0.4, -0.2) is 12.0 Å². The molecule has 0 spiro atoms. The number of anilines is 1. The van der Waals surface area contributed by atoms with Gasteiger partial charge in [-0.25, -0.2) is 0 Å². The summed E-state index contributed by atoms with van der Waals surface area (Å²) in [5.74, 6) is -0.153. The summed E-state index contributed by atoms with van der Waals surface area (Å²) in [6.45, 7) is 0.334. The lowest BCUT2D eigenvalue weighted by molar-refractivity contribution is -0.387. The molecule has 2 aromatic carbocycles. The summed E-state index contributed by atoms with van der Waals surface area (Å²) in [4.78, 5) is 9.81. The van der Waals surface area contributed by atoms with Gasteiger partial charge >= 0.3 is 5.69 Å². The van der Waals surface area contributed by atoms with E-state index in [0.29, 0.717) is 17.9 Å². The number of benzene rings is 2. The van der Waals surface area contributed by atoms with Crippen molar-refractivity contribution in [3.63, 3.8) is 0 Å². The number of methoxy groups -OCH3 is 1. The minimum absolute atomic E-state index is 0.334. The van der Waals surface area contributed by atoms with Gasteiger partial charge in [-0.05, 0) is 39.7 Å². The molecule has 0 unspecified atom stereocenters. The maximum absolute atomic E-state index is 13.5. The van der Waals surface area contributed by atoms with Crippen LogP contribution < -0.4 is 10.1 Å². The van der Waals surface area contributed by atoms with E-state index >= 15 is 0 Å². The number of nitro groups is 1. The molecule has 2 rings (SSSR count). The summed E-state index contributed by atoms with van der Waals surface area (Å²) in [5, 5.41) is 13.7. The van der Waals surface area contributed by atoms with Gasteiger partial charge in [0, 0.05) is 23.2 Å². The Kier molecular flexibility index (Phi) is 4.74. The molecule has 0 saturated heterocycles. The smallest absolute Gasteiger partial charge is 0.304 e. The van der Waals surface area contributed by atoms with Crippen molar-refractivity contribution < 1.29 is 14.1 Å². The topological polar surface area (TPSA) is 64.4 Å². The van der Waals surface area contributed by atoms with E-state index in [1.807, 2.05) is 6.07 Å². The summed E-state index contributed by atoms with van der Waals surface area (Å²) < 4.78 is 19.5. The molecule has 0 aliphatic rings. The normalized spacial score (nSPS) is 10.2. The van der Waals surface area contributed by atoms with Crippen LogP contribution in [-0.2, 0) is 6.54 Å². The molecule has 0 aromatic heterocycles. The van der Waals surface area contributed by atoms with Gasteiger partial charge in [0.05, 0.1) is 17.7 Å². The highest BCUT2D eigenvalue weighted by Gasteiger charge is 2.13. The zero-order chi connectivity index (χ0) is 15.4. The van der Waals surface area contributed by atoms with Crippen molar-refractivity contribution in [3.8, 4) is 5.75 Å². The van der Waals surface area contributed by atoms with Crippen molar-refractivity contribution in [1.29, 1.82) is 0 Å². The lowest BCUT2D eigenvalue weighted by Crippen LogP contribution is -2.02. The number of nitro benzene ring substituents is 1.